The molecule has 0 aliphatic carbocycles. The van der Waals surface area contributed by atoms with E-state index in [2.05, 4.69) is 16.9 Å². The third-order valence-electron chi connectivity index (χ3n) is 3.52. The highest BCUT2D eigenvalue weighted by molar-refractivity contribution is 6.32. The highest BCUT2D eigenvalue weighted by atomic mass is 35.5. The number of likely N-dealkylation sites (tertiary alicyclic amines) is 1. The van der Waals surface area contributed by atoms with Crippen molar-refractivity contribution in [2.75, 3.05) is 20.2 Å². The highest BCUT2D eigenvalue weighted by Crippen LogP contribution is 2.26. The van der Waals surface area contributed by atoms with Crippen molar-refractivity contribution in [2.45, 2.75) is 31.8 Å². The first-order valence-corrected chi connectivity index (χ1v) is 6.76. The summed E-state index contributed by atoms with van der Waals surface area (Å²) in [5.41, 5.74) is 6.47. The molecule has 1 unspecified atom stereocenters. The van der Waals surface area contributed by atoms with Gasteiger partial charge in [-0.3, -0.25) is 0 Å². The largest absolute Gasteiger partial charge is 0.477 e. The van der Waals surface area contributed by atoms with Crippen LogP contribution in [0, 0.1) is 0 Å². The number of rotatable bonds is 5. The van der Waals surface area contributed by atoms with E-state index in [0.717, 1.165) is 12.0 Å². The van der Waals surface area contributed by atoms with Crippen LogP contribution < -0.4 is 10.5 Å². The third kappa shape index (κ3) is 3.13. The molecule has 1 atom stereocenters. The quantitative estimate of drug-likeness (QED) is 0.889. The monoisotopic (exact) mass is 269 g/mol. The molecule has 1 fully saturated rings. The number of hydrogen-bond acceptors (Lipinski definition) is 4. The summed E-state index contributed by atoms with van der Waals surface area (Å²) in [6.45, 7) is 2.24. The summed E-state index contributed by atoms with van der Waals surface area (Å²) < 4.78 is 5.66. The maximum atomic E-state index is 6.16. The molecule has 0 spiro atoms. The molecule has 1 aromatic rings. The molecule has 1 aromatic heterocycles. The van der Waals surface area contributed by atoms with Crippen molar-refractivity contribution in [3.05, 3.63) is 22.8 Å². The molecule has 2 heterocycles. The fourth-order valence-corrected chi connectivity index (χ4v) is 2.60. The van der Waals surface area contributed by atoms with Crippen molar-refractivity contribution in [2.24, 2.45) is 5.73 Å². The number of aromatic nitrogens is 1. The molecule has 100 valence electrons. The first-order valence-electron chi connectivity index (χ1n) is 6.39. The van der Waals surface area contributed by atoms with Crippen LogP contribution in [0.2, 0.25) is 5.02 Å². The van der Waals surface area contributed by atoms with Crippen molar-refractivity contribution < 1.29 is 4.74 Å². The Kier molecular flexibility index (Phi) is 4.80. The van der Waals surface area contributed by atoms with Gasteiger partial charge in [-0.05, 0) is 44.5 Å². The fraction of sp³-hybridized carbons (Fsp3) is 0.615. The zero-order valence-electron chi connectivity index (χ0n) is 10.7. The molecule has 18 heavy (non-hydrogen) atoms. The van der Waals surface area contributed by atoms with Gasteiger partial charge in [-0.1, -0.05) is 11.6 Å². The SMILES string of the molecule is CN1CCCC1CCOc1nccc(CN)c1Cl. The van der Waals surface area contributed by atoms with E-state index in [-0.39, 0.29) is 0 Å². The lowest BCUT2D eigenvalue weighted by Gasteiger charge is -2.19. The fourth-order valence-electron chi connectivity index (χ4n) is 2.36. The van der Waals surface area contributed by atoms with Gasteiger partial charge in [0.1, 0.15) is 5.02 Å². The minimum Gasteiger partial charge on any atom is -0.477 e. The van der Waals surface area contributed by atoms with Crippen LogP contribution in [0.3, 0.4) is 0 Å². The van der Waals surface area contributed by atoms with Crippen LogP contribution in [0.25, 0.3) is 0 Å². The molecule has 4 nitrogen and oxygen atoms in total. The van der Waals surface area contributed by atoms with Crippen molar-refractivity contribution in [1.29, 1.82) is 0 Å². The zero-order valence-corrected chi connectivity index (χ0v) is 11.5. The van der Waals surface area contributed by atoms with Gasteiger partial charge in [-0.2, -0.15) is 0 Å². The molecule has 5 heteroatoms. The minimum absolute atomic E-state index is 0.406. The van der Waals surface area contributed by atoms with E-state index in [1.54, 1.807) is 6.20 Å². The van der Waals surface area contributed by atoms with Gasteiger partial charge in [-0.15, -0.1) is 0 Å². The topological polar surface area (TPSA) is 51.4 Å². The second kappa shape index (κ2) is 6.36. The normalized spacial score (nSPS) is 20.3. The summed E-state index contributed by atoms with van der Waals surface area (Å²) in [7, 11) is 2.16. The molecule has 0 aromatic carbocycles. The summed E-state index contributed by atoms with van der Waals surface area (Å²) in [4.78, 5) is 6.53. The van der Waals surface area contributed by atoms with Crippen LogP contribution in [-0.2, 0) is 6.54 Å². The van der Waals surface area contributed by atoms with E-state index in [1.165, 1.54) is 19.4 Å². The molecule has 2 N–H and O–H groups in total. The molecular weight excluding hydrogens is 250 g/mol. The number of pyridine rings is 1. The van der Waals surface area contributed by atoms with Gasteiger partial charge in [0.25, 0.3) is 0 Å². The lowest BCUT2D eigenvalue weighted by Crippen LogP contribution is -2.26. The van der Waals surface area contributed by atoms with Crippen LogP contribution in [0.15, 0.2) is 12.3 Å². The summed E-state index contributed by atoms with van der Waals surface area (Å²) in [5.74, 6) is 0.500. The van der Waals surface area contributed by atoms with Crippen LogP contribution in [0.4, 0.5) is 0 Å². The number of nitrogens with zero attached hydrogens (tertiary/aromatic N) is 2. The number of nitrogens with two attached hydrogens (primary N) is 1. The van der Waals surface area contributed by atoms with Gasteiger partial charge in [0, 0.05) is 18.8 Å². The van der Waals surface area contributed by atoms with Gasteiger partial charge in [0.15, 0.2) is 0 Å². The number of ether oxygens (including phenoxy) is 1. The smallest absolute Gasteiger partial charge is 0.232 e. The molecule has 1 saturated heterocycles. The highest BCUT2D eigenvalue weighted by Gasteiger charge is 2.20. The molecule has 1 aliphatic heterocycles. The maximum Gasteiger partial charge on any atom is 0.232 e. The summed E-state index contributed by atoms with van der Waals surface area (Å²) >= 11 is 6.16. The van der Waals surface area contributed by atoms with Gasteiger partial charge in [0.05, 0.1) is 6.61 Å². The summed E-state index contributed by atoms with van der Waals surface area (Å²) in [6.07, 6.45) is 5.24. The Morgan fingerprint density at radius 1 is 1.61 bits per heavy atom. The number of halogens is 1. The predicted molar refractivity (Wildman–Crippen MR) is 72.9 cm³/mol. The molecule has 0 amide bonds. The second-order valence-electron chi connectivity index (χ2n) is 4.71. The second-order valence-corrected chi connectivity index (χ2v) is 5.09. The molecule has 0 radical (unpaired) electrons. The Morgan fingerprint density at radius 2 is 2.44 bits per heavy atom. The third-order valence-corrected chi connectivity index (χ3v) is 3.92. The van der Waals surface area contributed by atoms with Gasteiger partial charge < -0.3 is 15.4 Å². The Hall–Kier alpha value is -0.840. The first kappa shape index (κ1) is 13.6. The van der Waals surface area contributed by atoms with Crippen LogP contribution in [0.5, 0.6) is 5.88 Å². The Balaban J connectivity index is 1.86. The minimum atomic E-state index is 0.406. The van der Waals surface area contributed by atoms with E-state index in [4.69, 9.17) is 22.1 Å². The molecule has 0 bridgehead atoms. The summed E-state index contributed by atoms with van der Waals surface area (Å²) in [5, 5.41) is 0.541. The molecular formula is C13H20ClN3O. The average Bonchev–Trinajstić information content (AvgIpc) is 2.77. The average molecular weight is 270 g/mol. The summed E-state index contributed by atoms with van der Waals surface area (Å²) in [6, 6.07) is 2.45. The van der Waals surface area contributed by atoms with E-state index >= 15 is 0 Å². The van der Waals surface area contributed by atoms with E-state index in [0.29, 0.717) is 30.1 Å². The van der Waals surface area contributed by atoms with E-state index in [1.807, 2.05) is 6.07 Å². The van der Waals surface area contributed by atoms with Gasteiger partial charge in [0.2, 0.25) is 5.88 Å². The van der Waals surface area contributed by atoms with Crippen molar-refractivity contribution in [3.63, 3.8) is 0 Å². The maximum absolute atomic E-state index is 6.16. The first-order chi connectivity index (χ1) is 8.72. The lowest BCUT2D eigenvalue weighted by molar-refractivity contribution is 0.228. The van der Waals surface area contributed by atoms with Crippen molar-refractivity contribution in [1.82, 2.24) is 9.88 Å². The lowest BCUT2D eigenvalue weighted by atomic mass is 10.1. The predicted octanol–water partition coefficient (Wildman–Crippen LogP) is 2.06. The molecule has 1 aliphatic rings. The Bertz CT molecular complexity index is 400. The molecule has 0 saturated carbocycles. The Morgan fingerprint density at radius 3 is 3.11 bits per heavy atom. The van der Waals surface area contributed by atoms with Crippen molar-refractivity contribution >= 4 is 11.6 Å². The van der Waals surface area contributed by atoms with Crippen LogP contribution in [0.1, 0.15) is 24.8 Å². The van der Waals surface area contributed by atoms with E-state index < -0.39 is 0 Å². The van der Waals surface area contributed by atoms with Crippen LogP contribution in [-0.4, -0.2) is 36.1 Å². The Labute approximate surface area is 113 Å². The van der Waals surface area contributed by atoms with Gasteiger partial charge >= 0.3 is 0 Å². The van der Waals surface area contributed by atoms with E-state index in [9.17, 15) is 0 Å². The van der Waals surface area contributed by atoms with Crippen LogP contribution >= 0.6 is 11.6 Å². The zero-order chi connectivity index (χ0) is 13.0. The van der Waals surface area contributed by atoms with Gasteiger partial charge in [-0.25, -0.2) is 4.98 Å². The number of hydrogen-bond donors (Lipinski definition) is 1. The standard InChI is InChI=1S/C13H20ClN3O/c1-17-7-2-3-11(17)5-8-18-13-12(14)10(9-15)4-6-16-13/h4,6,11H,2-3,5,7-9,15H2,1H3. The van der Waals surface area contributed by atoms with Crippen molar-refractivity contribution in [3.8, 4) is 5.88 Å². The molecule has 2 rings (SSSR count).